The topological polar surface area (TPSA) is 12.4 Å². The molecule has 1 nitrogen and oxygen atoms in total. The van der Waals surface area contributed by atoms with Gasteiger partial charge in [-0.3, -0.25) is 0 Å². The van der Waals surface area contributed by atoms with Crippen molar-refractivity contribution in [2.24, 2.45) is 4.41 Å². The maximum absolute atomic E-state index is 6.37. The lowest BCUT2D eigenvalue weighted by Gasteiger charge is -2.46. The standard InChI is InChI=1S/C42H60NPSi/c1-41(2,3)30-24-26-34-35-27-25-31(42(4,5)6)29-38(35)40(37(34)28-30)36-22-16-17-23-39(36)44(43-45(7,8)9,32-18-12-10-13-19-32)33-20-14-11-15-21-33/h16-17,22-29,32-33,40H,10-15,18-21H2,1-9H3. The largest absolute Gasteiger partial charge is 0.333 e. The van der Waals surface area contributed by atoms with Crippen molar-refractivity contribution in [2.45, 2.75) is 153 Å². The lowest BCUT2D eigenvalue weighted by Crippen LogP contribution is -2.34. The summed E-state index contributed by atoms with van der Waals surface area (Å²) in [5, 5.41) is 1.69. The molecule has 3 aliphatic carbocycles. The molecule has 0 aromatic heterocycles. The first-order valence-electron chi connectivity index (χ1n) is 18.2. The first kappa shape index (κ1) is 33.0. The Morgan fingerprint density at radius 2 is 1.02 bits per heavy atom. The molecule has 0 atom stereocenters. The molecule has 3 aliphatic rings. The van der Waals surface area contributed by atoms with Crippen molar-refractivity contribution >= 4 is 20.6 Å². The first-order chi connectivity index (χ1) is 21.2. The van der Waals surface area contributed by atoms with Crippen LogP contribution in [0.2, 0.25) is 19.6 Å². The molecule has 0 unspecified atom stereocenters. The fourth-order valence-corrected chi connectivity index (χ4v) is 19.3. The number of nitrogens with zero attached hydrogens (tertiary/aromatic N) is 1. The molecule has 2 saturated carbocycles. The smallest absolute Gasteiger partial charge is 0.170 e. The maximum Gasteiger partial charge on any atom is 0.170 e. The molecule has 0 spiro atoms. The molecule has 242 valence electrons. The lowest BCUT2D eigenvalue weighted by atomic mass is 9.81. The van der Waals surface area contributed by atoms with Gasteiger partial charge in [-0.05, 0) is 99.1 Å². The summed E-state index contributed by atoms with van der Waals surface area (Å²) in [5.41, 5.74) is 12.1. The summed E-state index contributed by atoms with van der Waals surface area (Å²) in [4.78, 5) is 0. The van der Waals surface area contributed by atoms with Gasteiger partial charge in [-0.15, -0.1) is 0 Å². The van der Waals surface area contributed by atoms with Gasteiger partial charge >= 0.3 is 0 Å². The van der Waals surface area contributed by atoms with Crippen LogP contribution in [0.3, 0.4) is 0 Å². The van der Waals surface area contributed by atoms with Crippen LogP contribution >= 0.6 is 7.05 Å². The van der Waals surface area contributed by atoms with Gasteiger partial charge in [0, 0.05) is 5.92 Å². The number of rotatable bonds is 5. The van der Waals surface area contributed by atoms with Crippen molar-refractivity contribution in [2.75, 3.05) is 0 Å². The Kier molecular flexibility index (Phi) is 9.01. The van der Waals surface area contributed by atoms with Gasteiger partial charge in [0.25, 0.3) is 0 Å². The van der Waals surface area contributed by atoms with Gasteiger partial charge in [0.05, 0.1) is 0 Å². The summed E-state index contributed by atoms with van der Waals surface area (Å²) in [7, 11) is -3.58. The van der Waals surface area contributed by atoms with Crippen LogP contribution in [0.15, 0.2) is 65.1 Å². The van der Waals surface area contributed by atoms with Crippen molar-refractivity contribution in [3.05, 3.63) is 88.5 Å². The van der Waals surface area contributed by atoms with Gasteiger partial charge < -0.3 is 4.41 Å². The van der Waals surface area contributed by atoms with Crippen molar-refractivity contribution in [3.8, 4) is 11.1 Å². The number of benzene rings is 3. The molecular weight excluding hydrogens is 578 g/mol. The minimum atomic E-state index is -1.84. The van der Waals surface area contributed by atoms with Crippen LogP contribution in [0.4, 0.5) is 0 Å². The second-order valence-corrected chi connectivity index (χ2v) is 26.2. The van der Waals surface area contributed by atoms with E-state index in [-0.39, 0.29) is 16.7 Å². The van der Waals surface area contributed by atoms with Crippen LogP contribution in [0, 0.1) is 0 Å². The molecule has 3 heteroatoms. The Bertz CT molecular complexity index is 1500. The second-order valence-electron chi connectivity index (χ2n) is 17.7. The quantitative estimate of drug-likeness (QED) is 0.152. The summed E-state index contributed by atoms with van der Waals surface area (Å²) < 4.78 is 6.37. The third-order valence-corrected chi connectivity index (χ3v) is 19.3. The van der Waals surface area contributed by atoms with E-state index >= 15 is 0 Å². The van der Waals surface area contributed by atoms with E-state index in [0.29, 0.717) is 0 Å². The minimum absolute atomic E-state index is 0.110. The van der Waals surface area contributed by atoms with Gasteiger partial charge in [0.15, 0.2) is 8.24 Å². The second kappa shape index (κ2) is 12.3. The SMILES string of the molecule is CC(C)(C)c1ccc2c(c1)C(c1ccccc1P(=N[Si](C)(C)C)(C1CCCCC1)C1CCCCC1)c1cc(C(C)(C)C)ccc1-2. The molecule has 0 heterocycles. The minimum Gasteiger partial charge on any atom is -0.333 e. The lowest BCUT2D eigenvalue weighted by molar-refractivity contribution is 0.484. The summed E-state index contributed by atoms with van der Waals surface area (Å²) in [5.74, 6) is 0.263. The Labute approximate surface area is 277 Å². The van der Waals surface area contributed by atoms with E-state index < -0.39 is 15.3 Å². The molecule has 0 saturated heterocycles. The monoisotopic (exact) mass is 637 g/mol. The highest BCUT2D eigenvalue weighted by Gasteiger charge is 2.44. The molecule has 0 N–H and O–H groups in total. The van der Waals surface area contributed by atoms with Crippen molar-refractivity contribution in [1.82, 2.24) is 0 Å². The molecule has 3 aromatic rings. The van der Waals surface area contributed by atoms with Crippen LogP contribution < -0.4 is 5.30 Å². The Morgan fingerprint density at radius 3 is 1.44 bits per heavy atom. The van der Waals surface area contributed by atoms with Crippen molar-refractivity contribution in [3.63, 3.8) is 0 Å². The number of hydrogen-bond acceptors (Lipinski definition) is 1. The molecule has 2 fully saturated rings. The van der Waals surface area contributed by atoms with Crippen LogP contribution in [0.1, 0.15) is 139 Å². The van der Waals surface area contributed by atoms with Gasteiger partial charge in [-0.25, -0.2) is 0 Å². The predicted molar refractivity (Wildman–Crippen MR) is 203 cm³/mol. The molecule has 3 aromatic carbocycles. The predicted octanol–water partition coefficient (Wildman–Crippen LogP) is 12.8. The zero-order valence-corrected chi connectivity index (χ0v) is 31.9. The first-order valence-corrected chi connectivity index (χ1v) is 23.5. The van der Waals surface area contributed by atoms with Gasteiger partial charge in [0.2, 0.25) is 0 Å². The van der Waals surface area contributed by atoms with Crippen LogP contribution in [-0.4, -0.2) is 19.6 Å². The number of fused-ring (bicyclic) bond motifs is 3. The molecule has 6 rings (SSSR count). The zero-order chi connectivity index (χ0) is 32.2. The van der Waals surface area contributed by atoms with E-state index in [1.165, 1.54) is 97.6 Å². The van der Waals surface area contributed by atoms with Crippen molar-refractivity contribution < 1.29 is 0 Å². The Hall–Kier alpha value is -1.89. The average molecular weight is 638 g/mol. The Balaban J connectivity index is 1.68. The normalized spacial score (nSPS) is 19.0. The average Bonchev–Trinajstić information content (AvgIpc) is 3.32. The molecule has 0 bridgehead atoms. The van der Waals surface area contributed by atoms with E-state index in [0.717, 1.165) is 11.3 Å². The highest BCUT2D eigenvalue weighted by molar-refractivity contribution is 7.76. The summed E-state index contributed by atoms with van der Waals surface area (Å²) in [6.07, 6.45) is 13.9. The number of hydrogen-bond donors (Lipinski definition) is 0. The Morgan fingerprint density at radius 1 is 0.578 bits per heavy atom. The molecule has 0 amide bonds. The van der Waals surface area contributed by atoms with E-state index in [2.05, 4.69) is 122 Å². The van der Waals surface area contributed by atoms with Crippen LogP contribution in [-0.2, 0) is 10.8 Å². The maximum atomic E-state index is 6.37. The van der Waals surface area contributed by atoms with Gasteiger partial charge in [-0.2, -0.15) is 0 Å². The summed E-state index contributed by atoms with van der Waals surface area (Å²) >= 11 is 0. The highest BCUT2D eigenvalue weighted by atomic mass is 31.2. The molecule has 0 radical (unpaired) electrons. The van der Waals surface area contributed by atoms with Crippen molar-refractivity contribution in [1.29, 1.82) is 0 Å². The third kappa shape index (κ3) is 6.37. The third-order valence-electron chi connectivity index (χ3n) is 11.1. The molecular formula is C42H60NPSi. The summed E-state index contributed by atoms with van der Waals surface area (Å²) in [6.45, 7) is 21.8. The zero-order valence-electron chi connectivity index (χ0n) is 30.0. The van der Waals surface area contributed by atoms with E-state index in [1.807, 2.05) is 0 Å². The van der Waals surface area contributed by atoms with E-state index in [1.54, 1.807) is 10.9 Å². The fourth-order valence-electron chi connectivity index (χ4n) is 8.94. The molecule has 0 aliphatic heterocycles. The van der Waals surface area contributed by atoms with E-state index in [9.17, 15) is 0 Å². The van der Waals surface area contributed by atoms with Crippen LogP contribution in [0.25, 0.3) is 11.1 Å². The summed E-state index contributed by atoms with van der Waals surface area (Å²) in [6, 6.07) is 24.8. The fraction of sp³-hybridized carbons (Fsp3) is 0.571. The van der Waals surface area contributed by atoms with E-state index in [4.69, 9.17) is 4.41 Å². The highest BCUT2D eigenvalue weighted by Crippen LogP contribution is 2.66. The van der Waals surface area contributed by atoms with Crippen LogP contribution in [0.5, 0.6) is 0 Å². The van der Waals surface area contributed by atoms with Gasteiger partial charge in [0.1, 0.15) is 0 Å². The van der Waals surface area contributed by atoms with Gasteiger partial charge in [-0.1, -0.05) is 160 Å². The molecule has 45 heavy (non-hydrogen) atoms.